The molecule has 0 radical (unpaired) electrons. The highest BCUT2D eigenvalue weighted by molar-refractivity contribution is 5.72. The minimum atomic E-state index is 0.0628. The van der Waals surface area contributed by atoms with Gasteiger partial charge in [0.2, 0.25) is 11.9 Å². The van der Waals surface area contributed by atoms with Gasteiger partial charge in [0.25, 0.3) is 0 Å². The summed E-state index contributed by atoms with van der Waals surface area (Å²) in [4.78, 5) is 22.3. The van der Waals surface area contributed by atoms with E-state index in [2.05, 4.69) is 25.5 Å². The third kappa shape index (κ3) is 5.93. The number of piperidine rings is 1. The number of amides is 1. The molecule has 3 rings (SSSR count). The molecule has 3 heterocycles. The van der Waals surface area contributed by atoms with Gasteiger partial charge in [-0.1, -0.05) is 0 Å². The molecule has 0 saturated carbocycles. The van der Waals surface area contributed by atoms with Crippen LogP contribution >= 0.6 is 0 Å². The van der Waals surface area contributed by atoms with Crippen LogP contribution in [0.25, 0.3) is 0 Å². The van der Waals surface area contributed by atoms with E-state index in [0.717, 1.165) is 70.6 Å². The minimum absolute atomic E-state index is 0.0628. The minimum Gasteiger partial charge on any atom is -0.376 e. The van der Waals surface area contributed by atoms with E-state index in [-0.39, 0.29) is 5.91 Å². The molecule has 0 spiro atoms. The van der Waals surface area contributed by atoms with Crippen molar-refractivity contribution in [1.82, 2.24) is 20.2 Å². The number of carbonyl (C=O) groups excluding carboxylic acids is 1. The van der Waals surface area contributed by atoms with Crippen LogP contribution in [0.4, 0.5) is 5.95 Å². The number of hydrogen-bond acceptors (Lipinski definition) is 6. The average molecular weight is 347 g/mol. The molecule has 1 unspecified atom stereocenters. The van der Waals surface area contributed by atoms with E-state index in [1.807, 2.05) is 12.4 Å². The average Bonchev–Trinajstić information content (AvgIpc) is 3.14. The molecule has 7 heteroatoms. The number of aromatic nitrogens is 2. The Hall–Kier alpha value is -1.73. The molecule has 2 aliphatic heterocycles. The van der Waals surface area contributed by atoms with Crippen molar-refractivity contribution in [1.29, 1.82) is 0 Å². The molecule has 2 aliphatic rings. The molecule has 1 amide bonds. The van der Waals surface area contributed by atoms with Crippen molar-refractivity contribution >= 4 is 11.9 Å². The van der Waals surface area contributed by atoms with Crippen LogP contribution in [0.2, 0.25) is 0 Å². The fraction of sp³-hybridized carbons (Fsp3) is 0.722. The summed E-state index contributed by atoms with van der Waals surface area (Å²) in [5, 5.41) is 6.18. The maximum atomic E-state index is 11.0. The lowest BCUT2D eigenvalue weighted by atomic mass is 9.96. The predicted molar refractivity (Wildman–Crippen MR) is 96.2 cm³/mol. The number of likely N-dealkylation sites (tertiary alicyclic amines) is 1. The van der Waals surface area contributed by atoms with Crippen LogP contribution in [0.3, 0.4) is 0 Å². The summed E-state index contributed by atoms with van der Waals surface area (Å²) in [7, 11) is 0. The predicted octanol–water partition coefficient (Wildman–Crippen LogP) is 1.42. The van der Waals surface area contributed by atoms with Crippen LogP contribution < -0.4 is 10.6 Å². The van der Waals surface area contributed by atoms with E-state index in [0.29, 0.717) is 18.0 Å². The number of hydrogen-bond donors (Lipinski definition) is 2. The first-order chi connectivity index (χ1) is 12.2. The standard InChI is InChI=1S/C18H29N5O2/c1-14(24)19-9-15-4-6-23(7-5-15)13-16-10-20-18(21-11-16)22-12-17-3-2-8-25-17/h10-11,15,17H,2-9,12-13H2,1H3,(H,19,24)(H,20,21,22). The summed E-state index contributed by atoms with van der Waals surface area (Å²) in [6, 6.07) is 0. The normalized spacial score (nSPS) is 22.0. The zero-order valence-electron chi connectivity index (χ0n) is 15.0. The van der Waals surface area contributed by atoms with Crippen molar-refractivity contribution in [3.05, 3.63) is 18.0 Å². The molecule has 25 heavy (non-hydrogen) atoms. The van der Waals surface area contributed by atoms with Gasteiger partial charge in [-0.05, 0) is 44.7 Å². The zero-order chi connectivity index (χ0) is 17.5. The molecule has 138 valence electrons. The van der Waals surface area contributed by atoms with Gasteiger partial charge >= 0.3 is 0 Å². The van der Waals surface area contributed by atoms with Crippen LogP contribution in [0, 0.1) is 5.92 Å². The van der Waals surface area contributed by atoms with Crippen molar-refractivity contribution in [3.63, 3.8) is 0 Å². The number of anilines is 1. The molecule has 2 saturated heterocycles. The molecule has 2 fully saturated rings. The van der Waals surface area contributed by atoms with Gasteiger partial charge in [-0.2, -0.15) is 0 Å². The Morgan fingerprint density at radius 1 is 1.24 bits per heavy atom. The lowest BCUT2D eigenvalue weighted by molar-refractivity contribution is -0.119. The molecule has 1 aromatic heterocycles. The highest BCUT2D eigenvalue weighted by Crippen LogP contribution is 2.18. The smallest absolute Gasteiger partial charge is 0.222 e. The maximum Gasteiger partial charge on any atom is 0.222 e. The van der Waals surface area contributed by atoms with Crippen molar-refractivity contribution in [2.45, 2.75) is 45.3 Å². The summed E-state index contributed by atoms with van der Waals surface area (Å²) in [6.45, 7) is 7.03. The van der Waals surface area contributed by atoms with E-state index >= 15 is 0 Å². The van der Waals surface area contributed by atoms with E-state index in [1.54, 1.807) is 6.92 Å². The van der Waals surface area contributed by atoms with Crippen molar-refractivity contribution < 1.29 is 9.53 Å². The Morgan fingerprint density at radius 3 is 2.64 bits per heavy atom. The molecule has 2 N–H and O–H groups in total. The Labute approximate surface area is 149 Å². The lowest BCUT2D eigenvalue weighted by Gasteiger charge is -2.31. The molecule has 7 nitrogen and oxygen atoms in total. The van der Waals surface area contributed by atoms with Gasteiger partial charge in [0.05, 0.1) is 6.10 Å². The van der Waals surface area contributed by atoms with Gasteiger partial charge in [-0.3, -0.25) is 9.69 Å². The van der Waals surface area contributed by atoms with Crippen LogP contribution in [-0.4, -0.2) is 59.7 Å². The Kier molecular flexibility index (Phi) is 6.58. The van der Waals surface area contributed by atoms with Gasteiger partial charge in [-0.25, -0.2) is 9.97 Å². The first-order valence-corrected chi connectivity index (χ1v) is 9.32. The van der Waals surface area contributed by atoms with E-state index in [1.165, 1.54) is 0 Å². The van der Waals surface area contributed by atoms with Crippen LogP contribution in [0.5, 0.6) is 0 Å². The summed E-state index contributed by atoms with van der Waals surface area (Å²) in [5.74, 6) is 1.34. The van der Waals surface area contributed by atoms with E-state index in [9.17, 15) is 4.79 Å². The van der Waals surface area contributed by atoms with Crippen molar-refractivity contribution in [2.75, 3.05) is 38.1 Å². The first kappa shape index (κ1) is 18.1. The summed E-state index contributed by atoms with van der Waals surface area (Å²) >= 11 is 0. The Morgan fingerprint density at radius 2 is 2.00 bits per heavy atom. The molecule has 1 atom stereocenters. The van der Waals surface area contributed by atoms with Crippen molar-refractivity contribution in [2.24, 2.45) is 5.92 Å². The van der Waals surface area contributed by atoms with E-state index < -0.39 is 0 Å². The van der Waals surface area contributed by atoms with Crippen molar-refractivity contribution in [3.8, 4) is 0 Å². The number of carbonyl (C=O) groups is 1. The molecule has 0 aliphatic carbocycles. The molecule has 0 aromatic carbocycles. The maximum absolute atomic E-state index is 11.0. The summed E-state index contributed by atoms with van der Waals surface area (Å²) < 4.78 is 5.59. The zero-order valence-corrected chi connectivity index (χ0v) is 15.0. The lowest BCUT2D eigenvalue weighted by Crippen LogP contribution is -2.37. The summed E-state index contributed by atoms with van der Waals surface area (Å²) in [6.07, 6.45) is 8.63. The van der Waals surface area contributed by atoms with Crippen LogP contribution in [0.15, 0.2) is 12.4 Å². The van der Waals surface area contributed by atoms with Crippen LogP contribution in [0.1, 0.15) is 38.2 Å². The monoisotopic (exact) mass is 347 g/mol. The third-order valence-electron chi connectivity index (χ3n) is 4.97. The molecular weight excluding hydrogens is 318 g/mol. The topological polar surface area (TPSA) is 79.4 Å². The number of rotatable bonds is 7. The highest BCUT2D eigenvalue weighted by Gasteiger charge is 2.19. The van der Waals surface area contributed by atoms with Crippen LogP contribution in [-0.2, 0) is 16.1 Å². The second kappa shape index (κ2) is 9.10. The fourth-order valence-electron chi connectivity index (χ4n) is 3.43. The second-order valence-corrected chi connectivity index (χ2v) is 7.09. The molecule has 1 aromatic rings. The van der Waals surface area contributed by atoms with Gasteiger partial charge in [0.1, 0.15) is 0 Å². The number of nitrogens with zero attached hydrogens (tertiary/aromatic N) is 3. The third-order valence-corrected chi connectivity index (χ3v) is 4.97. The van der Waals surface area contributed by atoms with E-state index in [4.69, 9.17) is 4.74 Å². The molecular formula is C18H29N5O2. The summed E-state index contributed by atoms with van der Waals surface area (Å²) in [5.41, 5.74) is 1.14. The fourth-order valence-corrected chi connectivity index (χ4v) is 3.43. The largest absolute Gasteiger partial charge is 0.376 e. The first-order valence-electron chi connectivity index (χ1n) is 9.32. The number of nitrogens with one attached hydrogen (secondary N) is 2. The highest BCUT2D eigenvalue weighted by atomic mass is 16.5. The Bertz CT molecular complexity index is 537. The Balaban J connectivity index is 1.37. The van der Waals surface area contributed by atoms with Gasteiger partial charge in [-0.15, -0.1) is 0 Å². The SMILES string of the molecule is CC(=O)NCC1CCN(Cc2cnc(NCC3CCCO3)nc2)CC1. The molecule has 0 bridgehead atoms. The quantitative estimate of drug-likeness (QED) is 0.776. The number of ether oxygens (including phenoxy) is 1. The van der Waals surface area contributed by atoms with Gasteiger partial charge < -0.3 is 15.4 Å². The second-order valence-electron chi connectivity index (χ2n) is 7.09. The van der Waals surface area contributed by atoms with Gasteiger partial charge in [0, 0.05) is 51.1 Å². The van der Waals surface area contributed by atoms with Gasteiger partial charge in [0.15, 0.2) is 0 Å².